The Bertz CT molecular complexity index is 826. The summed E-state index contributed by atoms with van der Waals surface area (Å²) in [6.45, 7) is 3.79. The normalized spacial score (nSPS) is 15.4. The first-order valence-corrected chi connectivity index (χ1v) is 6.79. The Kier molecular flexibility index (Phi) is 1.96. The predicted octanol–water partition coefficient (Wildman–Crippen LogP) is 1.42. The summed E-state index contributed by atoms with van der Waals surface area (Å²) in [7, 11) is 0. The van der Waals surface area contributed by atoms with E-state index in [1.54, 1.807) is 11.3 Å². The van der Waals surface area contributed by atoms with Crippen molar-refractivity contribution < 1.29 is 0 Å². The molecule has 18 heavy (non-hydrogen) atoms. The molecule has 0 spiro atoms. The van der Waals surface area contributed by atoms with Crippen LogP contribution in [0.1, 0.15) is 16.1 Å². The molecular formula is C12H12N4OS. The Morgan fingerprint density at radius 3 is 3.06 bits per heavy atom. The van der Waals surface area contributed by atoms with Crippen LogP contribution in [-0.4, -0.2) is 21.7 Å². The number of fused-ring (bicyclic) bond motifs is 5. The highest BCUT2D eigenvalue weighted by Crippen LogP contribution is 2.35. The second kappa shape index (κ2) is 3.43. The SMILES string of the molecule is Cc1nc2sc3c(c2c2[nH][nH]c(=O)c12)CCNC3. The smallest absolute Gasteiger partial charge is 0.273 e. The van der Waals surface area contributed by atoms with Gasteiger partial charge >= 0.3 is 0 Å². The molecule has 0 saturated heterocycles. The Labute approximate surface area is 106 Å². The summed E-state index contributed by atoms with van der Waals surface area (Å²) >= 11 is 1.73. The first-order valence-electron chi connectivity index (χ1n) is 5.97. The van der Waals surface area contributed by atoms with Crippen molar-refractivity contribution in [1.29, 1.82) is 0 Å². The maximum atomic E-state index is 11.8. The number of rotatable bonds is 0. The topological polar surface area (TPSA) is 73.6 Å². The first-order chi connectivity index (χ1) is 8.75. The van der Waals surface area contributed by atoms with Crippen LogP contribution in [0.25, 0.3) is 21.1 Å². The molecular weight excluding hydrogens is 248 g/mol. The van der Waals surface area contributed by atoms with Crippen LogP contribution in [0.3, 0.4) is 0 Å². The Balaban J connectivity index is 2.26. The van der Waals surface area contributed by atoms with Crippen LogP contribution in [0, 0.1) is 6.92 Å². The second-order valence-electron chi connectivity index (χ2n) is 4.64. The predicted molar refractivity (Wildman–Crippen MR) is 72.2 cm³/mol. The molecule has 0 bridgehead atoms. The zero-order chi connectivity index (χ0) is 12.3. The van der Waals surface area contributed by atoms with Crippen LogP contribution in [0.5, 0.6) is 0 Å². The third-order valence-corrected chi connectivity index (χ3v) is 4.69. The number of nitrogens with one attached hydrogen (secondary N) is 3. The summed E-state index contributed by atoms with van der Waals surface area (Å²) in [4.78, 5) is 18.8. The molecule has 4 heterocycles. The lowest BCUT2D eigenvalue weighted by Gasteiger charge is -2.12. The van der Waals surface area contributed by atoms with E-state index in [4.69, 9.17) is 0 Å². The molecule has 3 aromatic heterocycles. The van der Waals surface area contributed by atoms with Gasteiger partial charge in [0.25, 0.3) is 5.56 Å². The molecule has 0 amide bonds. The van der Waals surface area contributed by atoms with Gasteiger partial charge in [-0.05, 0) is 25.5 Å². The van der Waals surface area contributed by atoms with E-state index in [1.807, 2.05) is 6.92 Å². The van der Waals surface area contributed by atoms with Gasteiger partial charge in [-0.2, -0.15) is 0 Å². The van der Waals surface area contributed by atoms with E-state index in [1.165, 1.54) is 10.4 Å². The number of aromatic nitrogens is 3. The number of hydrogen-bond donors (Lipinski definition) is 3. The standard InChI is InChI=1S/C12H12N4OS/c1-5-8-10(15-16-11(8)17)9-6-2-3-13-4-7(6)18-12(9)14-5/h13H,2-4H2,1H3,(H2,15,16,17). The monoisotopic (exact) mass is 260 g/mol. The molecule has 0 aromatic carbocycles. The lowest BCUT2D eigenvalue weighted by molar-refractivity contribution is 0.657. The van der Waals surface area contributed by atoms with Crippen molar-refractivity contribution >= 4 is 32.5 Å². The molecule has 0 saturated carbocycles. The van der Waals surface area contributed by atoms with Gasteiger partial charge in [0.2, 0.25) is 0 Å². The quantitative estimate of drug-likeness (QED) is 0.572. The van der Waals surface area contributed by atoms with E-state index < -0.39 is 0 Å². The highest BCUT2D eigenvalue weighted by atomic mass is 32.1. The fourth-order valence-corrected chi connectivity index (χ4v) is 4.00. The van der Waals surface area contributed by atoms with Gasteiger partial charge in [0.1, 0.15) is 4.83 Å². The zero-order valence-electron chi connectivity index (χ0n) is 9.89. The van der Waals surface area contributed by atoms with E-state index in [0.29, 0.717) is 5.39 Å². The fraction of sp³-hybridized carbons (Fsp3) is 0.333. The maximum Gasteiger partial charge on any atom is 0.273 e. The maximum absolute atomic E-state index is 11.8. The van der Waals surface area contributed by atoms with Crippen molar-refractivity contribution in [3.63, 3.8) is 0 Å². The average Bonchev–Trinajstić information content (AvgIpc) is 2.90. The van der Waals surface area contributed by atoms with Crippen LogP contribution in [0.2, 0.25) is 0 Å². The van der Waals surface area contributed by atoms with E-state index >= 15 is 0 Å². The van der Waals surface area contributed by atoms with Gasteiger partial charge in [0, 0.05) is 16.8 Å². The number of aromatic amines is 2. The average molecular weight is 260 g/mol. The molecule has 6 heteroatoms. The molecule has 0 atom stereocenters. The van der Waals surface area contributed by atoms with Crippen LogP contribution < -0.4 is 10.9 Å². The highest BCUT2D eigenvalue weighted by molar-refractivity contribution is 7.19. The summed E-state index contributed by atoms with van der Waals surface area (Å²) in [5.41, 5.74) is 2.99. The van der Waals surface area contributed by atoms with Crippen molar-refractivity contribution in [3.8, 4) is 0 Å². The van der Waals surface area contributed by atoms with Gasteiger partial charge in [0.05, 0.1) is 16.6 Å². The molecule has 4 rings (SSSR count). The zero-order valence-corrected chi connectivity index (χ0v) is 10.7. The third kappa shape index (κ3) is 1.19. The minimum absolute atomic E-state index is 0.0780. The number of H-pyrrole nitrogens is 2. The van der Waals surface area contributed by atoms with E-state index in [2.05, 4.69) is 20.5 Å². The number of thiophene rings is 1. The molecule has 0 unspecified atom stereocenters. The highest BCUT2D eigenvalue weighted by Gasteiger charge is 2.21. The second-order valence-corrected chi connectivity index (χ2v) is 5.72. The number of hydrogen-bond acceptors (Lipinski definition) is 4. The van der Waals surface area contributed by atoms with Gasteiger partial charge in [-0.15, -0.1) is 11.3 Å². The fourth-order valence-electron chi connectivity index (χ4n) is 2.76. The lowest BCUT2D eigenvalue weighted by atomic mass is 10.0. The van der Waals surface area contributed by atoms with Crippen molar-refractivity contribution in [2.24, 2.45) is 0 Å². The minimum Gasteiger partial charge on any atom is -0.312 e. The molecule has 1 aliphatic rings. The van der Waals surface area contributed by atoms with E-state index in [9.17, 15) is 4.79 Å². The minimum atomic E-state index is -0.0780. The first kappa shape index (κ1) is 10.3. The molecule has 0 radical (unpaired) electrons. The van der Waals surface area contributed by atoms with E-state index in [-0.39, 0.29) is 5.56 Å². The van der Waals surface area contributed by atoms with Gasteiger partial charge in [-0.25, -0.2) is 4.98 Å². The summed E-state index contributed by atoms with van der Waals surface area (Å²) in [6, 6.07) is 0. The summed E-state index contributed by atoms with van der Waals surface area (Å²) in [5.74, 6) is 0. The van der Waals surface area contributed by atoms with Crippen LogP contribution in [0.4, 0.5) is 0 Å². The van der Waals surface area contributed by atoms with Gasteiger partial charge < -0.3 is 5.32 Å². The largest absolute Gasteiger partial charge is 0.312 e. The summed E-state index contributed by atoms with van der Waals surface area (Å²) in [6.07, 6.45) is 1.00. The van der Waals surface area contributed by atoms with Crippen LogP contribution in [-0.2, 0) is 13.0 Å². The molecule has 1 aliphatic heterocycles. The van der Waals surface area contributed by atoms with Crippen molar-refractivity contribution in [2.75, 3.05) is 6.54 Å². The molecule has 3 aromatic rings. The van der Waals surface area contributed by atoms with Crippen molar-refractivity contribution in [1.82, 2.24) is 20.5 Å². The number of aryl methyl sites for hydroxylation is 1. The van der Waals surface area contributed by atoms with Gasteiger partial charge in [-0.3, -0.25) is 15.0 Å². The van der Waals surface area contributed by atoms with Gasteiger partial charge in [-0.1, -0.05) is 0 Å². The third-order valence-electron chi connectivity index (χ3n) is 3.57. The van der Waals surface area contributed by atoms with Crippen molar-refractivity contribution in [3.05, 3.63) is 26.5 Å². The molecule has 0 fully saturated rings. The van der Waals surface area contributed by atoms with Gasteiger partial charge in [0.15, 0.2) is 0 Å². The van der Waals surface area contributed by atoms with Crippen LogP contribution >= 0.6 is 11.3 Å². The Morgan fingerprint density at radius 1 is 1.28 bits per heavy atom. The van der Waals surface area contributed by atoms with Crippen molar-refractivity contribution in [2.45, 2.75) is 19.9 Å². The number of nitrogens with zero attached hydrogens (tertiary/aromatic N) is 1. The molecule has 0 aliphatic carbocycles. The summed E-state index contributed by atoms with van der Waals surface area (Å²) in [5, 5.41) is 10.9. The Hall–Kier alpha value is -1.66. The number of pyridine rings is 1. The lowest BCUT2D eigenvalue weighted by Crippen LogP contribution is -2.21. The summed E-state index contributed by atoms with van der Waals surface area (Å²) < 4.78 is 0. The molecule has 92 valence electrons. The molecule has 3 N–H and O–H groups in total. The Morgan fingerprint density at radius 2 is 2.17 bits per heavy atom. The molecule has 5 nitrogen and oxygen atoms in total. The van der Waals surface area contributed by atoms with E-state index in [0.717, 1.165) is 40.9 Å². The van der Waals surface area contributed by atoms with Crippen LogP contribution in [0.15, 0.2) is 4.79 Å².